The summed E-state index contributed by atoms with van der Waals surface area (Å²) in [5.74, 6) is 0. The molecule has 0 aromatic carbocycles. The first-order valence-electron chi connectivity index (χ1n) is 7.08. The third kappa shape index (κ3) is 4.90. The van der Waals surface area contributed by atoms with Gasteiger partial charge in [-0.25, -0.2) is 0 Å². The van der Waals surface area contributed by atoms with E-state index in [0.29, 0.717) is 0 Å². The Bertz CT molecular complexity index is 304. The summed E-state index contributed by atoms with van der Waals surface area (Å²) >= 11 is 0. The van der Waals surface area contributed by atoms with E-state index >= 15 is 0 Å². The van der Waals surface area contributed by atoms with Crippen molar-refractivity contribution in [2.24, 2.45) is 0 Å². The summed E-state index contributed by atoms with van der Waals surface area (Å²) in [6.45, 7) is 9.76. The Morgan fingerprint density at radius 3 is 2.59 bits per heavy atom. The van der Waals surface area contributed by atoms with E-state index in [0.717, 1.165) is 32.5 Å². The van der Waals surface area contributed by atoms with Crippen molar-refractivity contribution in [3.63, 3.8) is 0 Å². The second-order valence-electron chi connectivity index (χ2n) is 4.51. The van der Waals surface area contributed by atoms with Gasteiger partial charge >= 0.3 is 0 Å². The number of nitrogens with one attached hydrogen (secondary N) is 1. The third-order valence-electron chi connectivity index (χ3n) is 3.10. The molecular weight excluding hydrogens is 210 g/mol. The van der Waals surface area contributed by atoms with Crippen LogP contribution in [-0.4, -0.2) is 22.9 Å². The van der Waals surface area contributed by atoms with Crippen LogP contribution in [0.5, 0.6) is 0 Å². The first-order chi connectivity index (χ1) is 8.31. The monoisotopic (exact) mass is 237 g/mol. The predicted octanol–water partition coefficient (Wildman–Crippen LogP) is 2.79. The average molecular weight is 237 g/mol. The average Bonchev–Trinajstić information content (AvgIpc) is 2.76. The number of hydrogen-bond donors (Lipinski definition) is 1. The van der Waals surface area contributed by atoms with Crippen molar-refractivity contribution in [2.75, 3.05) is 13.1 Å². The second kappa shape index (κ2) is 8.29. The highest BCUT2D eigenvalue weighted by Gasteiger charge is 2.04. The summed E-state index contributed by atoms with van der Waals surface area (Å²) in [4.78, 5) is 0. The third-order valence-corrected chi connectivity index (χ3v) is 3.10. The molecule has 1 aromatic heterocycles. The number of aromatic nitrogens is 2. The molecule has 1 heterocycles. The van der Waals surface area contributed by atoms with E-state index in [1.807, 2.05) is 0 Å². The summed E-state index contributed by atoms with van der Waals surface area (Å²) in [6.07, 6.45) is 6.01. The Hall–Kier alpha value is -0.830. The number of hydrogen-bond acceptors (Lipinski definition) is 2. The Morgan fingerprint density at radius 2 is 1.94 bits per heavy atom. The van der Waals surface area contributed by atoms with Gasteiger partial charge in [0.15, 0.2) is 0 Å². The lowest BCUT2D eigenvalue weighted by atomic mass is 10.2. The SMILES string of the molecule is CCCCCNCCn1nc(CC)cc1CC. The van der Waals surface area contributed by atoms with Crippen molar-refractivity contribution in [1.29, 1.82) is 0 Å². The molecule has 3 nitrogen and oxygen atoms in total. The molecule has 1 rings (SSSR count). The van der Waals surface area contributed by atoms with E-state index < -0.39 is 0 Å². The van der Waals surface area contributed by atoms with E-state index in [9.17, 15) is 0 Å². The lowest BCUT2D eigenvalue weighted by molar-refractivity contribution is 0.524. The maximum atomic E-state index is 4.61. The summed E-state index contributed by atoms with van der Waals surface area (Å²) in [7, 11) is 0. The molecule has 0 saturated heterocycles. The Balaban J connectivity index is 2.28. The van der Waals surface area contributed by atoms with E-state index in [-0.39, 0.29) is 0 Å². The van der Waals surface area contributed by atoms with Crippen LogP contribution in [0.15, 0.2) is 6.07 Å². The van der Waals surface area contributed by atoms with Gasteiger partial charge < -0.3 is 5.32 Å². The molecule has 1 N–H and O–H groups in total. The molecular formula is C14H27N3. The molecule has 0 radical (unpaired) electrons. The molecule has 3 heteroatoms. The minimum Gasteiger partial charge on any atom is -0.315 e. The summed E-state index contributed by atoms with van der Waals surface area (Å²) in [5, 5.41) is 8.10. The van der Waals surface area contributed by atoms with Gasteiger partial charge in [-0.1, -0.05) is 33.6 Å². The van der Waals surface area contributed by atoms with E-state index in [2.05, 4.69) is 41.9 Å². The van der Waals surface area contributed by atoms with Gasteiger partial charge in [0.25, 0.3) is 0 Å². The maximum absolute atomic E-state index is 4.61. The van der Waals surface area contributed by atoms with Gasteiger partial charge in [0, 0.05) is 12.2 Å². The highest BCUT2D eigenvalue weighted by molar-refractivity contribution is 5.10. The first kappa shape index (κ1) is 14.2. The van der Waals surface area contributed by atoms with Crippen molar-refractivity contribution in [3.8, 4) is 0 Å². The van der Waals surface area contributed by atoms with Crippen LogP contribution in [-0.2, 0) is 19.4 Å². The smallest absolute Gasteiger partial charge is 0.0624 e. The standard InChI is InChI=1S/C14H27N3/c1-4-7-8-9-15-10-11-17-14(6-3)12-13(5-2)16-17/h12,15H,4-11H2,1-3H3. The van der Waals surface area contributed by atoms with Gasteiger partial charge in [-0.05, 0) is 31.9 Å². The molecule has 0 saturated carbocycles. The quantitative estimate of drug-likeness (QED) is 0.669. The van der Waals surface area contributed by atoms with Crippen molar-refractivity contribution in [2.45, 2.75) is 59.4 Å². The highest BCUT2D eigenvalue weighted by atomic mass is 15.3. The fraction of sp³-hybridized carbons (Fsp3) is 0.786. The van der Waals surface area contributed by atoms with Crippen LogP contribution >= 0.6 is 0 Å². The summed E-state index contributed by atoms with van der Waals surface area (Å²) in [6, 6.07) is 2.23. The van der Waals surface area contributed by atoms with Gasteiger partial charge in [-0.15, -0.1) is 0 Å². The molecule has 0 spiro atoms. The topological polar surface area (TPSA) is 29.9 Å². The van der Waals surface area contributed by atoms with Crippen LogP contribution in [0.4, 0.5) is 0 Å². The van der Waals surface area contributed by atoms with Crippen LogP contribution in [0.1, 0.15) is 51.4 Å². The zero-order chi connectivity index (χ0) is 12.5. The number of nitrogens with zero attached hydrogens (tertiary/aromatic N) is 2. The normalized spacial score (nSPS) is 11.0. The molecule has 0 amide bonds. The summed E-state index contributed by atoms with van der Waals surface area (Å²) < 4.78 is 2.16. The van der Waals surface area contributed by atoms with Gasteiger partial charge in [0.1, 0.15) is 0 Å². The molecule has 0 bridgehead atoms. The first-order valence-corrected chi connectivity index (χ1v) is 7.08. The Morgan fingerprint density at radius 1 is 1.12 bits per heavy atom. The summed E-state index contributed by atoms with van der Waals surface area (Å²) in [5.41, 5.74) is 2.57. The maximum Gasteiger partial charge on any atom is 0.0624 e. The molecule has 0 aliphatic carbocycles. The van der Waals surface area contributed by atoms with Crippen molar-refractivity contribution >= 4 is 0 Å². The minimum absolute atomic E-state index is 0.995. The minimum atomic E-state index is 0.995. The van der Waals surface area contributed by atoms with Crippen LogP contribution in [0, 0.1) is 0 Å². The van der Waals surface area contributed by atoms with Crippen LogP contribution < -0.4 is 5.32 Å². The largest absolute Gasteiger partial charge is 0.315 e. The molecule has 0 aliphatic heterocycles. The fourth-order valence-electron chi connectivity index (χ4n) is 1.98. The van der Waals surface area contributed by atoms with Crippen molar-refractivity contribution in [3.05, 3.63) is 17.5 Å². The number of aryl methyl sites for hydroxylation is 2. The van der Waals surface area contributed by atoms with Gasteiger partial charge in [0.05, 0.1) is 12.2 Å². The zero-order valence-electron chi connectivity index (χ0n) is 11.6. The van der Waals surface area contributed by atoms with E-state index in [1.165, 1.54) is 30.7 Å². The molecule has 1 aromatic rings. The van der Waals surface area contributed by atoms with Crippen molar-refractivity contribution < 1.29 is 0 Å². The predicted molar refractivity (Wildman–Crippen MR) is 73.4 cm³/mol. The Labute approximate surface area is 106 Å². The lowest BCUT2D eigenvalue weighted by Gasteiger charge is -2.07. The van der Waals surface area contributed by atoms with Gasteiger partial charge in [0.2, 0.25) is 0 Å². The lowest BCUT2D eigenvalue weighted by Crippen LogP contribution is -2.22. The molecule has 98 valence electrons. The highest BCUT2D eigenvalue weighted by Crippen LogP contribution is 2.05. The molecule has 0 unspecified atom stereocenters. The Kier molecular flexibility index (Phi) is 6.94. The molecule has 0 fully saturated rings. The van der Waals surface area contributed by atoms with E-state index in [1.54, 1.807) is 0 Å². The molecule has 0 aliphatic rings. The van der Waals surface area contributed by atoms with Gasteiger partial charge in [-0.3, -0.25) is 4.68 Å². The van der Waals surface area contributed by atoms with E-state index in [4.69, 9.17) is 0 Å². The van der Waals surface area contributed by atoms with Crippen molar-refractivity contribution in [1.82, 2.24) is 15.1 Å². The number of rotatable bonds is 9. The van der Waals surface area contributed by atoms with Crippen LogP contribution in [0.25, 0.3) is 0 Å². The fourth-order valence-corrected chi connectivity index (χ4v) is 1.98. The molecule has 17 heavy (non-hydrogen) atoms. The second-order valence-corrected chi connectivity index (χ2v) is 4.51. The zero-order valence-corrected chi connectivity index (χ0v) is 11.6. The molecule has 0 atom stereocenters. The number of unbranched alkanes of at least 4 members (excludes halogenated alkanes) is 2. The van der Waals surface area contributed by atoms with Crippen LogP contribution in [0.3, 0.4) is 0 Å². The van der Waals surface area contributed by atoms with Gasteiger partial charge in [-0.2, -0.15) is 5.10 Å². The van der Waals surface area contributed by atoms with Crippen LogP contribution in [0.2, 0.25) is 0 Å².